The Bertz CT molecular complexity index is 988. The van der Waals surface area contributed by atoms with Crippen LogP contribution < -0.4 is 5.32 Å². The smallest absolute Gasteiger partial charge is 0.253 e. The first-order valence-electron chi connectivity index (χ1n) is 9.44. The zero-order chi connectivity index (χ0) is 19.5. The number of anilines is 1. The standard InChI is InChI=1S/C22H21ClFN3O/c23-18-8-11-25-21-17(18)6-7-19(20(21)24)26-14-15-9-12-27(13-10-15)22(28)16-4-2-1-3-5-16/h1-8,11,15,26H,9-10,12-14H2. The number of halogens is 2. The first-order valence-corrected chi connectivity index (χ1v) is 9.82. The van der Waals surface area contributed by atoms with E-state index in [-0.39, 0.29) is 17.2 Å². The second-order valence-electron chi connectivity index (χ2n) is 7.10. The van der Waals surface area contributed by atoms with Crippen molar-refractivity contribution in [2.45, 2.75) is 12.8 Å². The van der Waals surface area contributed by atoms with E-state index in [0.29, 0.717) is 28.6 Å². The molecule has 4 nitrogen and oxygen atoms in total. The molecule has 6 heteroatoms. The Morgan fingerprint density at radius 3 is 2.64 bits per heavy atom. The second kappa shape index (κ2) is 8.15. The molecule has 2 heterocycles. The molecule has 2 aromatic carbocycles. The number of amides is 1. The van der Waals surface area contributed by atoms with Gasteiger partial charge in [0.25, 0.3) is 5.91 Å². The van der Waals surface area contributed by atoms with E-state index in [1.807, 2.05) is 35.2 Å². The summed E-state index contributed by atoms with van der Waals surface area (Å²) in [5, 5.41) is 4.31. The normalized spacial score (nSPS) is 15.0. The molecule has 1 saturated heterocycles. The maximum absolute atomic E-state index is 14.7. The maximum atomic E-state index is 14.7. The number of rotatable bonds is 4. The topological polar surface area (TPSA) is 45.2 Å². The number of likely N-dealkylation sites (tertiary alicyclic amines) is 1. The SMILES string of the molecule is O=C(c1ccccc1)N1CCC(CNc2ccc3c(Cl)ccnc3c2F)CC1. The van der Waals surface area contributed by atoms with Crippen LogP contribution in [0.1, 0.15) is 23.2 Å². The van der Waals surface area contributed by atoms with Crippen LogP contribution in [0.2, 0.25) is 5.02 Å². The van der Waals surface area contributed by atoms with Crippen molar-refractivity contribution in [2.75, 3.05) is 25.0 Å². The lowest BCUT2D eigenvalue weighted by Gasteiger charge is -2.32. The number of aromatic nitrogens is 1. The quantitative estimate of drug-likeness (QED) is 0.674. The zero-order valence-corrected chi connectivity index (χ0v) is 16.1. The number of hydrogen-bond acceptors (Lipinski definition) is 3. The summed E-state index contributed by atoms with van der Waals surface area (Å²) in [6.07, 6.45) is 3.30. The second-order valence-corrected chi connectivity index (χ2v) is 7.51. The summed E-state index contributed by atoms with van der Waals surface area (Å²) in [5.74, 6) is 0.0921. The van der Waals surface area contributed by atoms with Gasteiger partial charge in [0.15, 0.2) is 5.82 Å². The highest BCUT2D eigenvalue weighted by Gasteiger charge is 2.23. The molecular formula is C22H21ClFN3O. The lowest BCUT2D eigenvalue weighted by molar-refractivity contribution is 0.0695. The molecule has 1 N–H and O–H groups in total. The molecule has 0 unspecified atom stereocenters. The van der Waals surface area contributed by atoms with Crippen molar-refractivity contribution < 1.29 is 9.18 Å². The summed E-state index contributed by atoms with van der Waals surface area (Å²) >= 11 is 6.10. The summed E-state index contributed by atoms with van der Waals surface area (Å²) in [6.45, 7) is 2.10. The van der Waals surface area contributed by atoms with E-state index in [9.17, 15) is 9.18 Å². The molecule has 1 aliphatic heterocycles. The summed E-state index contributed by atoms with van der Waals surface area (Å²) < 4.78 is 14.7. The van der Waals surface area contributed by atoms with Crippen molar-refractivity contribution in [2.24, 2.45) is 5.92 Å². The minimum Gasteiger partial charge on any atom is -0.382 e. The summed E-state index contributed by atoms with van der Waals surface area (Å²) in [7, 11) is 0. The van der Waals surface area contributed by atoms with Gasteiger partial charge in [0.1, 0.15) is 5.52 Å². The van der Waals surface area contributed by atoms with E-state index in [2.05, 4.69) is 10.3 Å². The number of nitrogens with one attached hydrogen (secondary N) is 1. The molecule has 144 valence electrons. The minimum absolute atomic E-state index is 0.0792. The van der Waals surface area contributed by atoms with Gasteiger partial charge in [0.05, 0.1) is 10.7 Å². The molecule has 1 aromatic heterocycles. The van der Waals surface area contributed by atoms with Crippen molar-refractivity contribution in [3.8, 4) is 0 Å². The van der Waals surface area contributed by atoms with Crippen LogP contribution in [0.25, 0.3) is 10.9 Å². The van der Waals surface area contributed by atoms with Crippen molar-refractivity contribution in [3.63, 3.8) is 0 Å². The van der Waals surface area contributed by atoms with Gasteiger partial charge in [-0.3, -0.25) is 9.78 Å². The Kier molecular flexibility index (Phi) is 5.44. The summed E-state index contributed by atoms with van der Waals surface area (Å²) in [5.41, 5.74) is 1.44. The third-order valence-corrected chi connectivity index (χ3v) is 5.63. The van der Waals surface area contributed by atoms with E-state index < -0.39 is 0 Å². The van der Waals surface area contributed by atoms with E-state index in [0.717, 1.165) is 31.5 Å². The highest BCUT2D eigenvalue weighted by Crippen LogP contribution is 2.28. The molecule has 4 rings (SSSR count). The predicted octanol–water partition coefficient (Wildman–Crippen LogP) is 4.99. The van der Waals surface area contributed by atoms with Gasteiger partial charge >= 0.3 is 0 Å². The van der Waals surface area contributed by atoms with Crippen molar-refractivity contribution in [3.05, 3.63) is 71.1 Å². The lowest BCUT2D eigenvalue weighted by atomic mass is 9.96. The van der Waals surface area contributed by atoms with Gasteiger partial charge in [-0.2, -0.15) is 0 Å². The molecule has 0 saturated carbocycles. The first-order chi connectivity index (χ1) is 13.6. The van der Waals surface area contributed by atoms with Crippen molar-refractivity contribution >= 4 is 34.1 Å². The summed E-state index contributed by atoms with van der Waals surface area (Å²) in [6, 6.07) is 14.5. The van der Waals surface area contributed by atoms with Gasteiger partial charge in [-0.25, -0.2) is 4.39 Å². The molecule has 0 bridgehead atoms. The van der Waals surface area contributed by atoms with Gasteiger partial charge in [-0.05, 0) is 49.1 Å². The molecule has 1 aliphatic rings. The lowest BCUT2D eigenvalue weighted by Crippen LogP contribution is -2.39. The van der Waals surface area contributed by atoms with Crippen molar-refractivity contribution in [1.82, 2.24) is 9.88 Å². The molecule has 0 aliphatic carbocycles. The predicted molar refractivity (Wildman–Crippen MR) is 110 cm³/mol. The van der Waals surface area contributed by atoms with Crippen LogP contribution >= 0.6 is 11.6 Å². The average Bonchev–Trinajstić information content (AvgIpc) is 2.74. The van der Waals surface area contributed by atoms with Crippen LogP contribution in [-0.2, 0) is 0 Å². The molecule has 0 atom stereocenters. The Balaban J connectivity index is 1.35. The minimum atomic E-state index is -0.378. The maximum Gasteiger partial charge on any atom is 0.253 e. The summed E-state index contributed by atoms with van der Waals surface area (Å²) in [4.78, 5) is 18.5. The van der Waals surface area contributed by atoms with Crippen LogP contribution in [0, 0.1) is 11.7 Å². The van der Waals surface area contributed by atoms with Crippen LogP contribution in [-0.4, -0.2) is 35.4 Å². The van der Waals surface area contributed by atoms with Crippen LogP contribution in [0.5, 0.6) is 0 Å². The van der Waals surface area contributed by atoms with Gasteiger partial charge in [-0.1, -0.05) is 29.8 Å². The van der Waals surface area contributed by atoms with Crippen LogP contribution in [0.15, 0.2) is 54.7 Å². The zero-order valence-electron chi connectivity index (χ0n) is 15.4. The fourth-order valence-corrected chi connectivity index (χ4v) is 3.85. The molecule has 0 spiro atoms. The first kappa shape index (κ1) is 18.7. The Morgan fingerprint density at radius 1 is 1.14 bits per heavy atom. The highest BCUT2D eigenvalue weighted by atomic mass is 35.5. The number of pyridine rings is 1. The average molecular weight is 398 g/mol. The molecular weight excluding hydrogens is 377 g/mol. The van der Waals surface area contributed by atoms with Crippen LogP contribution in [0.3, 0.4) is 0 Å². The van der Waals surface area contributed by atoms with Gasteiger partial charge in [0.2, 0.25) is 0 Å². The number of benzene rings is 2. The Labute approximate surface area is 168 Å². The number of carbonyl (C=O) groups is 1. The number of carbonyl (C=O) groups excluding carboxylic acids is 1. The third kappa shape index (κ3) is 3.80. The largest absolute Gasteiger partial charge is 0.382 e. The molecule has 3 aromatic rings. The fraction of sp³-hybridized carbons (Fsp3) is 0.273. The molecule has 0 radical (unpaired) electrons. The van der Waals surface area contributed by atoms with Gasteiger partial charge in [0, 0.05) is 36.8 Å². The van der Waals surface area contributed by atoms with E-state index in [1.54, 1.807) is 18.2 Å². The molecule has 1 amide bonds. The highest BCUT2D eigenvalue weighted by molar-refractivity contribution is 6.35. The molecule has 28 heavy (non-hydrogen) atoms. The number of fused-ring (bicyclic) bond motifs is 1. The number of piperidine rings is 1. The Hall–Kier alpha value is -2.66. The van der Waals surface area contributed by atoms with Crippen LogP contribution in [0.4, 0.5) is 10.1 Å². The number of hydrogen-bond donors (Lipinski definition) is 1. The van der Waals surface area contributed by atoms with E-state index in [4.69, 9.17) is 11.6 Å². The Morgan fingerprint density at radius 2 is 1.89 bits per heavy atom. The van der Waals surface area contributed by atoms with Gasteiger partial charge in [-0.15, -0.1) is 0 Å². The monoisotopic (exact) mass is 397 g/mol. The van der Waals surface area contributed by atoms with Gasteiger partial charge < -0.3 is 10.2 Å². The van der Waals surface area contributed by atoms with Crippen molar-refractivity contribution in [1.29, 1.82) is 0 Å². The van der Waals surface area contributed by atoms with E-state index >= 15 is 0 Å². The molecule has 1 fully saturated rings. The number of nitrogens with zero attached hydrogens (tertiary/aromatic N) is 2. The third-order valence-electron chi connectivity index (χ3n) is 5.30. The van der Waals surface area contributed by atoms with E-state index in [1.165, 1.54) is 6.20 Å². The fourth-order valence-electron chi connectivity index (χ4n) is 3.64.